The fraction of sp³-hybridized carbons (Fsp3) is 0.260. The van der Waals surface area contributed by atoms with Crippen molar-refractivity contribution >= 4 is 50.5 Å². The number of pyridine rings is 3. The van der Waals surface area contributed by atoms with E-state index in [9.17, 15) is 0 Å². The van der Waals surface area contributed by atoms with Gasteiger partial charge in [0.25, 0.3) is 0 Å². The summed E-state index contributed by atoms with van der Waals surface area (Å²) in [6.45, 7) is 4.59. The van der Waals surface area contributed by atoms with E-state index in [0.29, 0.717) is 11.6 Å². The first kappa shape index (κ1) is 39.8. The average molecular weight is 973 g/mol. The van der Waals surface area contributed by atoms with Crippen molar-refractivity contribution in [2.24, 2.45) is 11.8 Å². The molecular formula is C50H49GeIrN3O-2. The van der Waals surface area contributed by atoms with Gasteiger partial charge in [-0.1, -0.05) is 78.6 Å². The van der Waals surface area contributed by atoms with E-state index in [1.807, 2.05) is 30.5 Å². The molecule has 1 fully saturated rings. The first-order valence-electron chi connectivity index (χ1n) is 19.8. The Morgan fingerprint density at radius 3 is 2.30 bits per heavy atom. The van der Waals surface area contributed by atoms with Gasteiger partial charge in [-0.3, -0.25) is 0 Å². The first-order chi connectivity index (χ1) is 26.7. The molecule has 8 aromatic rings. The molecule has 0 saturated heterocycles. The Labute approximate surface area is 347 Å². The summed E-state index contributed by atoms with van der Waals surface area (Å²) >= 11 is -1.91. The summed E-state index contributed by atoms with van der Waals surface area (Å²) < 4.78 is 7.83. The molecule has 4 heterocycles. The zero-order valence-corrected chi connectivity index (χ0v) is 37.5. The first-order valence-corrected chi connectivity index (χ1v) is 27.2. The Hall–Kier alpha value is -4.42. The SMILES string of the molecule is CC(C)Cc1cc(-c2[c-]cc3ccccc3c2)nc[c]1[Ge]([CH3])([CH3])[CH3].[Ir].[c-]1ccc2c(oc3nc(-c4ccccc4)ccc32)c1-c1cc(CC2CCCC2)ccn1. The van der Waals surface area contributed by atoms with Crippen LogP contribution in [0.25, 0.3) is 66.6 Å². The second kappa shape index (κ2) is 17.4. The maximum absolute atomic E-state index is 6.29. The van der Waals surface area contributed by atoms with Gasteiger partial charge in [0, 0.05) is 37.3 Å². The van der Waals surface area contributed by atoms with Gasteiger partial charge in [0.1, 0.15) is 0 Å². The monoisotopic (exact) mass is 974 g/mol. The third-order valence-corrected chi connectivity index (χ3v) is 15.2. The van der Waals surface area contributed by atoms with Crippen molar-refractivity contribution in [1.82, 2.24) is 15.0 Å². The van der Waals surface area contributed by atoms with Crippen LogP contribution >= 0.6 is 0 Å². The molecule has 0 atom stereocenters. The van der Waals surface area contributed by atoms with E-state index in [-0.39, 0.29) is 20.1 Å². The summed E-state index contributed by atoms with van der Waals surface area (Å²) in [5.74, 6) is 8.81. The van der Waals surface area contributed by atoms with Gasteiger partial charge >= 0.3 is 148 Å². The number of hydrogen-bond donors (Lipinski definition) is 0. The minimum Gasteiger partial charge on any atom is -0.486 e. The molecule has 4 aromatic heterocycles. The van der Waals surface area contributed by atoms with E-state index in [4.69, 9.17) is 14.4 Å². The molecular weight excluding hydrogens is 923 g/mol. The van der Waals surface area contributed by atoms with Gasteiger partial charge in [0.2, 0.25) is 5.71 Å². The molecule has 0 bridgehead atoms. The molecule has 56 heavy (non-hydrogen) atoms. The number of hydrogen-bond acceptors (Lipinski definition) is 4. The molecule has 1 aliphatic rings. The van der Waals surface area contributed by atoms with Crippen molar-refractivity contribution in [3.05, 3.63) is 145 Å². The Morgan fingerprint density at radius 1 is 0.768 bits per heavy atom. The summed E-state index contributed by atoms with van der Waals surface area (Å²) in [6.07, 6.45) is 11.8. The minimum atomic E-state index is -1.91. The van der Waals surface area contributed by atoms with E-state index >= 15 is 0 Å². The predicted octanol–water partition coefficient (Wildman–Crippen LogP) is 12.7. The van der Waals surface area contributed by atoms with Crippen LogP contribution in [0.2, 0.25) is 17.3 Å². The second-order valence-electron chi connectivity index (χ2n) is 16.6. The van der Waals surface area contributed by atoms with Crippen LogP contribution in [0.15, 0.2) is 126 Å². The fourth-order valence-electron chi connectivity index (χ4n) is 8.07. The maximum Gasteiger partial charge on any atom is 0.216 e. The second-order valence-corrected chi connectivity index (χ2v) is 27.1. The van der Waals surface area contributed by atoms with Crippen LogP contribution in [0.4, 0.5) is 0 Å². The molecule has 4 nitrogen and oxygen atoms in total. The normalized spacial score (nSPS) is 13.2. The molecule has 4 aromatic carbocycles. The molecule has 0 spiro atoms. The van der Waals surface area contributed by atoms with E-state index in [0.717, 1.165) is 68.9 Å². The number of aromatic nitrogens is 3. The zero-order chi connectivity index (χ0) is 37.9. The zero-order valence-electron chi connectivity index (χ0n) is 33.0. The number of fused-ring (bicyclic) bond motifs is 4. The Morgan fingerprint density at radius 2 is 1.54 bits per heavy atom. The Kier molecular flexibility index (Phi) is 12.4. The quantitative estimate of drug-likeness (QED) is 0.112. The van der Waals surface area contributed by atoms with Gasteiger partial charge in [0.05, 0.1) is 11.3 Å². The molecule has 0 amide bonds. The van der Waals surface area contributed by atoms with E-state index in [2.05, 4.69) is 139 Å². The van der Waals surface area contributed by atoms with Crippen molar-refractivity contribution in [3.63, 3.8) is 0 Å². The van der Waals surface area contributed by atoms with Crippen LogP contribution in [-0.4, -0.2) is 28.2 Å². The van der Waals surface area contributed by atoms with Crippen LogP contribution in [0.3, 0.4) is 0 Å². The number of furan rings is 1. The fourth-order valence-corrected chi connectivity index (χ4v) is 11.4. The topological polar surface area (TPSA) is 51.8 Å². The molecule has 9 rings (SSSR count). The van der Waals surface area contributed by atoms with Gasteiger partial charge in [-0.05, 0) is 36.2 Å². The molecule has 0 N–H and O–H groups in total. The molecule has 1 aliphatic carbocycles. The number of nitrogens with zero attached hydrogens (tertiary/aromatic N) is 3. The van der Waals surface area contributed by atoms with Crippen molar-refractivity contribution in [3.8, 4) is 33.8 Å². The maximum atomic E-state index is 6.29. The molecule has 6 heteroatoms. The molecule has 0 aliphatic heterocycles. The number of rotatable bonds is 8. The predicted molar refractivity (Wildman–Crippen MR) is 232 cm³/mol. The molecule has 1 saturated carbocycles. The van der Waals surface area contributed by atoms with E-state index < -0.39 is 13.3 Å². The Balaban J connectivity index is 0.000000175. The third-order valence-electron chi connectivity index (χ3n) is 10.8. The van der Waals surface area contributed by atoms with E-state index in [1.54, 1.807) is 0 Å². The third kappa shape index (κ3) is 8.91. The summed E-state index contributed by atoms with van der Waals surface area (Å²) in [6, 6.07) is 44.5. The van der Waals surface area contributed by atoms with Crippen LogP contribution in [0.1, 0.15) is 50.7 Å². The van der Waals surface area contributed by atoms with Crippen molar-refractivity contribution in [2.75, 3.05) is 0 Å². The van der Waals surface area contributed by atoms with Crippen LogP contribution < -0.4 is 4.40 Å². The Bertz CT molecular complexity index is 2590. The summed E-state index contributed by atoms with van der Waals surface area (Å²) in [4.78, 5) is 14.3. The van der Waals surface area contributed by atoms with Gasteiger partial charge in [-0.15, -0.1) is 18.2 Å². The van der Waals surface area contributed by atoms with Gasteiger partial charge in [-0.25, -0.2) is 4.98 Å². The van der Waals surface area contributed by atoms with Crippen LogP contribution in [-0.2, 0) is 32.9 Å². The van der Waals surface area contributed by atoms with Crippen molar-refractivity contribution in [1.29, 1.82) is 0 Å². The average Bonchev–Trinajstić information content (AvgIpc) is 3.85. The van der Waals surface area contributed by atoms with E-state index in [1.165, 1.54) is 52.0 Å². The van der Waals surface area contributed by atoms with Gasteiger partial charge in [0.15, 0.2) is 0 Å². The van der Waals surface area contributed by atoms with Crippen molar-refractivity contribution in [2.45, 2.75) is 69.6 Å². The minimum absolute atomic E-state index is 0. The largest absolute Gasteiger partial charge is 0.486 e. The summed E-state index contributed by atoms with van der Waals surface area (Å²) in [7, 11) is 0. The molecule has 1 radical (unpaired) electrons. The number of benzene rings is 4. The van der Waals surface area contributed by atoms with Crippen LogP contribution in [0, 0.1) is 24.0 Å². The van der Waals surface area contributed by atoms with Crippen molar-refractivity contribution < 1.29 is 24.5 Å². The standard InChI is InChI=1S/C28H23N2O.C22H26GeN.Ir/c1-2-9-21(10-3-1)25-14-13-23-22-11-6-12-24(27(22)31-28(23)30-25)26-18-20(15-16-29-26)17-19-7-4-5-8-19;1-16(2)12-20-14-22(24-15-21(20)23(3,4)5)19-11-10-17-8-6-7-9-18(17)13-19;/h1-3,6,9-11,13-16,18-19H,4-5,7-8,17H2;6-10,13-16H,12H2,1-5H3;/q2*-1;. The van der Waals surface area contributed by atoms with Gasteiger partial charge < -0.3 is 9.40 Å². The van der Waals surface area contributed by atoms with Crippen LogP contribution in [0.5, 0.6) is 0 Å². The summed E-state index contributed by atoms with van der Waals surface area (Å²) in [5, 5.41) is 4.55. The summed E-state index contributed by atoms with van der Waals surface area (Å²) in [5.41, 5.74) is 10.3. The molecule has 0 unspecified atom stereocenters. The van der Waals surface area contributed by atoms with Gasteiger partial charge in [-0.2, -0.15) is 0 Å². The molecule has 285 valence electrons. The smallest absolute Gasteiger partial charge is 0.216 e.